The smallest absolute Gasteiger partial charge is 0.272 e. The van der Waals surface area contributed by atoms with E-state index in [1.54, 1.807) is 31.0 Å². The molecule has 0 N–H and O–H groups in total. The molecule has 8 heteroatoms. The standard InChI is InChI=1S/C23H25ClN4O3/c1-16-13-21(28(25-16)18-6-4-5-17(24)14-18)23(29)27-11-9-26(10-12-27)20-8-7-19(30-2)15-22(20)31-3/h4-8,13-15H,9-12H2,1-3H3. The molecule has 1 saturated heterocycles. The highest BCUT2D eigenvalue weighted by molar-refractivity contribution is 6.30. The third-order valence-corrected chi connectivity index (χ3v) is 5.63. The number of carbonyl (C=O) groups is 1. The third-order valence-electron chi connectivity index (χ3n) is 5.40. The summed E-state index contributed by atoms with van der Waals surface area (Å²) in [6.07, 6.45) is 0. The van der Waals surface area contributed by atoms with Crippen LogP contribution >= 0.6 is 11.6 Å². The van der Waals surface area contributed by atoms with Gasteiger partial charge in [0.25, 0.3) is 5.91 Å². The molecule has 1 amide bonds. The van der Waals surface area contributed by atoms with Gasteiger partial charge in [0.2, 0.25) is 0 Å². The lowest BCUT2D eigenvalue weighted by molar-refractivity contribution is 0.0737. The van der Waals surface area contributed by atoms with Gasteiger partial charge in [-0.05, 0) is 43.3 Å². The maximum Gasteiger partial charge on any atom is 0.272 e. The number of aromatic nitrogens is 2. The van der Waals surface area contributed by atoms with E-state index in [0.717, 1.165) is 28.6 Å². The van der Waals surface area contributed by atoms with Crippen molar-refractivity contribution in [1.29, 1.82) is 0 Å². The molecule has 7 nitrogen and oxygen atoms in total. The molecule has 3 aromatic rings. The van der Waals surface area contributed by atoms with Crippen LogP contribution in [0.4, 0.5) is 5.69 Å². The molecule has 0 aliphatic carbocycles. The first kappa shape index (κ1) is 21.1. The Hall–Kier alpha value is -3.19. The molecule has 162 valence electrons. The van der Waals surface area contributed by atoms with Gasteiger partial charge >= 0.3 is 0 Å². The van der Waals surface area contributed by atoms with E-state index in [1.165, 1.54) is 0 Å². The molecule has 2 aromatic carbocycles. The summed E-state index contributed by atoms with van der Waals surface area (Å²) < 4.78 is 12.5. The van der Waals surface area contributed by atoms with E-state index >= 15 is 0 Å². The highest BCUT2D eigenvalue weighted by atomic mass is 35.5. The second-order valence-corrected chi connectivity index (χ2v) is 7.82. The summed E-state index contributed by atoms with van der Waals surface area (Å²) in [6, 6.07) is 15.0. The number of aryl methyl sites for hydroxylation is 1. The zero-order valence-electron chi connectivity index (χ0n) is 17.8. The second-order valence-electron chi connectivity index (χ2n) is 7.38. The van der Waals surface area contributed by atoms with Crippen molar-refractivity contribution in [3.63, 3.8) is 0 Å². The summed E-state index contributed by atoms with van der Waals surface area (Å²) in [5, 5.41) is 5.11. The molecule has 0 saturated carbocycles. The van der Waals surface area contributed by atoms with Crippen LogP contribution in [0.5, 0.6) is 11.5 Å². The van der Waals surface area contributed by atoms with Crippen LogP contribution in [0, 0.1) is 6.92 Å². The van der Waals surface area contributed by atoms with Gasteiger partial charge < -0.3 is 19.3 Å². The molecule has 1 fully saturated rings. The van der Waals surface area contributed by atoms with Gasteiger partial charge in [0, 0.05) is 37.3 Å². The Morgan fingerprint density at radius 1 is 1.00 bits per heavy atom. The number of benzene rings is 2. The van der Waals surface area contributed by atoms with Crippen molar-refractivity contribution in [2.45, 2.75) is 6.92 Å². The van der Waals surface area contributed by atoms with Crippen LogP contribution in [0.2, 0.25) is 5.02 Å². The number of halogens is 1. The summed E-state index contributed by atoms with van der Waals surface area (Å²) in [5.41, 5.74) is 3.08. The lowest BCUT2D eigenvalue weighted by Crippen LogP contribution is -2.49. The first-order chi connectivity index (χ1) is 15.0. The highest BCUT2D eigenvalue weighted by Crippen LogP contribution is 2.33. The first-order valence-electron chi connectivity index (χ1n) is 10.1. The predicted molar refractivity (Wildman–Crippen MR) is 121 cm³/mol. The van der Waals surface area contributed by atoms with Gasteiger partial charge in [-0.2, -0.15) is 5.10 Å². The normalized spacial score (nSPS) is 13.9. The third kappa shape index (κ3) is 4.32. The molecule has 4 rings (SSSR count). The number of hydrogen-bond acceptors (Lipinski definition) is 5. The van der Waals surface area contributed by atoms with Crippen LogP contribution in [-0.4, -0.2) is 61.0 Å². The van der Waals surface area contributed by atoms with Gasteiger partial charge in [0.05, 0.1) is 31.3 Å². The van der Waals surface area contributed by atoms with Crippen molar-refractivity contribution in [3.8, 4) is 17.2 Å². The number of rotatable bonds is 5. The quantitative estimate of drug-likeness (QED) is 0.603. The number of nitrogens with zero attached hydrogens (tertiary/aromatic N) is 4. The average molecular weight is 441 g/mol. The Balaban J connectivity index is 1.51. The zero-order chi connectivity index (χ0) is 22.0. The van der Waals surface area contributed by atoms with Crippen molar-refractivity contribution >= 4 is 23.2 Å². The van der Waals surface area contributed by atoms with Crippen molar-refractivity contribution < 1.29 is 14.3 Å². The summed E-state index contributed by atoms with van der Waals surface area (Å²) in [7, 11) is 3.28. The molecular formula is C23H25ClN4O3. The van der Waals surface area contributed by atoms with Crippen LogP contribution in [-0.2, 0) is 0 Å². The van der Waals surface area contributed by atoms with Crippen molar-refractivity contribution in [2.75, 3.05) is 45.3 Å². The number of hydrogen-bond donors (Lipinski definition) is 0. The lowest BCUT2D eigenvalue weighted by atomic mass is 10.2. The largest absolute Gasteiger partial charge is 0.497 e. The number of carbonyl (C=O) groups excluding carboxylic acids is 1. The Morgan fingerprint density at radius 3 is 2.45 bits per heavy atom. The fraction of sp³-hybridized carbons (Fsp3) is 0.304. The van der Waals surface area contributed by atoms with Gasteiger partial charge in [-0.15, -0.1) is 0 Å². The number of amides is 1. The van der Waals surface area contributed by atoms with E-state index in [-0.39, 0.29) is 5.91 Å². The SMILES string of the molecule is COc1ccc(N2CCN(C(=O)c3cc(C)nn3-c3cccc(Cl)c3)CC2)c(OC)c1. The summed E-state index contributed by atoms with van der Waals surface area (Å²) in [4.78, 5) is 17.4. The fourth-order valence-electron chi connectivity index (χ4n) is 3.82. The Morgan fingerprint density at radius 2 is 1.77 bits per heavy atom. The minimum Gasteiger partial charge on any atom is -0.497 e. The van der Waals surface area contributed by atoms with E-state index in [2.05, 4.69) is 10.00 Å². The van der Waals surface area contributed by atoms with E-state index < -0.39 is 0 Å². The lowest BCUT2D eigenvalue weighted by Gasteiger charge is -2.36. The Kier molecular flexibility index (Phi) is 6.04. The first-order valence-corrected chi connectivity index (χ1v) is 10.5. The Bertz CT molecular complexity index is 1090. The molecule has 0 radical (unpaired) electrons. The highest BCUT2D eigenvalue weighted by Gasteiger charge is 2.26. The molecular weight excluding hydrogens is 416 g/mol. The molecule has 1 aliphatic rings. The van der Waals surface area contributed by atoms with Crippen LogP contribution in [0.3, 0.4) is 0 Å². The number of piperazine rings is 1. The fourth-order valence-corrected chi connectivity index (χ4v) is 4.00. The molecule has 0 unspecified atom stereocenters. The molecule has 1 aliphatic heterocycles. The number of methoxy groups -OCH3 is 2. The van der Waals surface area contributed by atoms with Crippen molar-refractivity contribution in [3.05, 3.63) is 64.9 Å². The van der Waals surface area contributed by atoms with Gasteiger partial charge in [0.15, 0.2) is 0 Å². The van der Waals surface area contributed by atoms with E-state index in [0.29, 0.717) is 36.9 Å². The molecule has 0 spiro atoms. The van der Waals surface area contributed by atoms with Crippen LogP contribution < -0.4 is 14.4 Å². The van der Waals surface area contributed by atoms with Crippen molar-refractivity contribution in [1.82, 2.24) is 14.7 Å². The van der Waals surface area contributed by atoms with Crippen molar-refractivity contribution in [2.24, 2.45) is 0 Å². The van der Waals surface area contributed by atoms with Gasteiger partial charge in [-0.25, -0.2) is 4.68 Å². The van der Waals surface area contributed by atoms with E-state index in [4.69, 9.17) is 21.1 Å². The molecule has 31 heavy (non-hydrogen) atoms. The van der Waals surface area contributed by atoms with Crippen LogP contribution in [0.1, 0.15) is 16.2 Å². The molecule has 1 aromatic heterocycles. The number of anilines is 1. The number of ether oxygens (including phenoxy) is 2. The summed E-state index contributed by atoms with van der Waals surface area (Å²) in [6.45, 7) is 4.50. The molecule has 0 atom stereocenters. The Labute approximate surface area is 186 Å². The topological polar surface area (TPSA) is 59.8 Å². The van der Waals surface area contributed by atoms with Gasteiger partial charge in [-0.3, -0.25) is 4.79 Å². The average Bonchev–Trinajstić information content (AvgIpc) is 3.20. The minimum absolute atomic E-state index is 0.0399. The molecule has 2 heterocycles. The second kappa shape index (κ2) is 8.89. The minimum atomic E-state index is -0.0399. The maximum atomic E-state index is 13.3. The monoisotopic (exact) mass is 440 g/mol. The van der Waals surface area contributed by atoms with E-state index in [9.17, 15) is 4.79 Å². The maximum absolute atomic E-state index is 13.3. The van der Waals surface area contributed by atoms with E-state index in [1.807, 2.05) is 48.2 Å². The summed E-state index contributed by atoms with van der Waals surface area (Å²) >= 11 is 6.14. The van der Waals surface area contributed by atoms with Crippen LogP contribution in [0.15, 0.2) is 48.5 Å². The van der Waals surface area contributed by atoms with Gasteiger partial charge in [-0.1, -0.05) is 17.7 Å². The zero-order valence-corrected chi connectivity index (χ0v) is 18.6. The van der Waals surface area contributed by atoms with Gasteiger partial charge in [0.1, 0.15) is 17.2 Å². The summed E-state index contributed by atoms with van der Waals surface area (Å²) in [5.74, 6) is 1.47. The van der Waals surface area contributed by atoms with Crippen LogP contribution in [0.25, 0.3) is 5.69 Å². The molecule has 0 bridgehead atoms. The predicted octanol–water partition coefficient (Wildman–Crippen LogP) is 3.81.